The van der Waals surface area contributed by atoms with Crippen LogP contribution in [0.25, 0.3) is 11.0 Å². The number of ether oxygens (including phenoxy) is 3. The predicted octanol–water partition coefficient (Wildman–Crippen LogP) is 4.31. The van der Waals surface area contributed by atoms with Gasteiger partial charge in [0.05, 0.1) is 24.4 Å². The molecule has 2 aromatic carbocycles. The van der Waals surface area contributed by atoms with Gasteiger partial charge in [-0.3, -0.25) is 14.6 Å². The molecule has 4 aromatic rings. The van der Waals surface area contributed by atoms with E-state index < -0.39 is 0 Å². The topological polar surface area (TPSA) is 99.9 Å². The summed E-state index contributed by atoms with van der Waals surface area (Å²) in [6.45, 7) is 1.44. The molecule has 0 aliphatic rings. The van der Waals surface area contributed by atoms with E-state index in [-0.39, 0.29) is 23.7 Å². The zero-order chi connectivity index (χ0) is 22.5. The van der Waals surface area contributed by atoms with E-state index in [4.69, 9.17) is 18.6 Å². The van der Waals surface area contributed by atoms with Gasteiger partial charge in [0.15, 0.2) is 6.61 Å². The molecule has 32 heavy (non-hydrogen) atoms. The van der Waals surface area contributed by atoms with Crippen LogP contribution in [-0.4, -0.2) is 24.6 Å². The maximum Gasteiger partial charge on any atom is 0.262 e. The minimum absolute atomic E-state index is 0.104. The Morgan fingerprint density at radius 2 is 1.81 bits per heavy atom. The first-order valence-corrected chi connectivity index (χ1v) is 9.75. The lowest BCUT2D eigenvalue weighted by Gasteiger charge is -2.11. The fourth-order valence-electron chi connectivity index (χ4n) is 3.02. The fraction of sp³-hybridized carbons (Fsp3) is 0.125. The van der Waals surface area contributed by atoms with Gasteiger partial charge >= 0.3 is 0 Å². The second kappa shape index (κ2) is 9.22. The molecule has 8 heteroatoms. The van der Waals surface area contributed by atoms with Crippen molar-refractivity contribution < 1.29 is 23.4 Å². The molecule has 1 N–H and O–H groups in total. The number of pyridine rings is 1. The molecule has 0 saturated heterocycles. The fourth-order valence-corrected chi connectivity index (χ4v) is 3.02. The van der Waals surface area contributed by atoms with E-state index in [9.17, 15) is 9.59 Å². The third-order valence-electron chi connectivity index (χ3n) is 4.58. The maximum absolute atomic E-state index is 12.9. The quantitative estimate of drug-likeness (QED) is 0.464. The van der Waals surface area contributed by atoms with Crippen molar-refractivity contribution in [2.45, 2.75) is 6.92 Å². The van der Waals surface area contributed by atoms with Gasteiger partial charge in [-0.25, -0.2) is 0 Å². The van der Waals surface area contributed by atoms with Crippen molar-refractivity contribution in [2.75, 3.05) is 19.0 Å². The van der Waals surface area contributed by atoms with Crippen LogP contribution in [0, 0.1) is 6.92 Å². The Balaban J connectivity index is 1.50. The van der Waals surface area contributed by atoms with Crippen LogP contribution in [0.3, 0.4) is 0 Å². The monoisotopic (exact) mass is 432 g/mol. The van der Waals surface area contributed by atoms with Gasteiger partial charge in [-0.2, -0.15) is 0 Å². The summed E-state index contributed by atoms with van der Waals surface area (Å²) in [5, 5.41) is 3.02. The zero-order valence-corrected chi connectivity index (χ0v) is 17.5. The maximum atomic E-state index is 12.9. The van der Waals surface area contributed by atoms with Crippen LogP contribution in [0.4, 0.5) is 5.69 Å². The number of carbonyl (C=O) groups excluding carboxylic acids is 1. The van der Waals surface area contributed by atoms with Crippen molar-refractivity contribution in [3.8, 4) is 23.0 Å². The first kappa shape index (κ1) is 20.9. The van der Waals surface area contributed by atoms with Crippen LogP contribution >= 0.6 is 0 Å². The molecular formula is C24H20N2O6. The summed E-state index contributed by atoms with van der Waals surface area (Å²) in [6.07, 6.45) is 3.15. The molecule has 0 saturated carbocycles. The van der Waals surface area contributed by atoms with E-state index in [1.165, 1.54) is 6.20 Å². The largest absolute Gasteiger partial charge is 0.497 e. The summed E-state index contributed by atoms with van der Waals surface area (Å²) < 4.78 is 22.2. The van der Waals surface area contributed by atoms with E-state index in [0.717, 1.165) is 0 Å². The zero-order valence-electron chi connectivity index (χ0n) is 17.5. The number of aromatic nitrogens is 1. The molecule has 2 heterocycles. The summed E-state index contributed by atoms with van der Waals surface area (Å²) in [5.74, 6) is 1.66. The summed E-state index contributed by atoms with van der Waals surface area (Å²) in [7, 11) is 1.57. The van der Waals surface area contributed by atoms with E-state index in [1.807, 2.05) is 0 Å². The van der Waals surface area contributed by atoms with E-state index in [0.29, 0.717) is 39.7 Å². The van der Waals surface area contributed by atoms with E-state index in [2.05, 4.69) is 10.3 Å². The highest BCUT2D eigenvalue weighted by Crippen LogP contribution is 2.28. The van der Waals surface area contributed by atoms with Gasteiger partial charge in [0.25, 0.3) is 5.91 Å². The predicted molar refractivity (Wildman–Crippen MR) is 119 cm³/mol. The van der Waals surface area contributed by atoms with Gasteiger partial charge in [0.1, 0.15) is 28.6 Å². The number of carbonyl (C=O) groups is 1. The van der Waals surface area contributed by atoms with E-state index in [1.54, 1.807) is 74.8 Å². The Morgan fingerprint density at radius 3 is 2.53 bits per heavy atom. The lowest BCUT2D eigenvalue weighted by atomic mass is 10.2. The van der Waals surface area contributed by atoms with Crippen LogP contribution in [0.2, 0.25) is 0 Å². The van der Waals surface area contributed by atoms with Gasteiger partial charge in [-0.1, -0.05) is 0 Å². The molecule has 0 atom stereocenters. The first-order valence-electron chi connectivity index (χ1n) is 9.75. The number of benzene rings is 2. The summed E-state index contributed by atoms with van der Waals surface area (Å²) >= 11 is 0. The van der Waals surface area contributed by atoms with Crippen molar-refractivity contribution in [3.05, 3.63) is 83.0 Å². The van der Waals surface area contributed by atoms with Gasteiger partial charge < -0.3 is 23.9 Å². The van der Waals surface area contributed by atoms with Crippen molar-refractivity contribution in [2.24, 2.45) is 0 Å². The standard InChI is InChI=1S/C24H20N2O6/c1-15-24(32-18-7-5-17(29-2)6-8-18)23(28)20-10-9-19(12-21(20)31-15)30-14-22(27)26-16-4-3-11-25-13-16/h3-13H,14H2,1-2H3,(H,26,27). The molecular weight excluding hydrogens is 412 g/mol. The number of nitrogens with one attached hydrogen (secondary N) is 1. The second-order valence-corrected chi connectivity index (χ2v) is 6.83. The average Bonchev–Trinajstić information content (AvgIpc) is 2.81. The first-order chi connectivity index (χ1) is 15.5. The number of anilines is 1. The highest BCUT2D eigenvalue weighted by atomic mass is 16.5. The summed E-state index contributed by atoms with van der Waals surface area (Å²) in [4.78, 5) is 28.9. The van der Waals surface area contributed by atoms with Crippen LogP contribution in [0.5, 0.6) is 23.0 Å². The number of rotatable bonds is 7. The number of nitrogens with zero attached hydrogens (tertiary/aromatic N) is 1. The minimum atomic E-state index is -0.334. The van der Waals surface area contributed by atoms with Crippen molar-refractivity contribution in [3.63, 3.8) is 0 Å². The molecule has 0 radical (unpaired) electrons. The van der Waals surface area contributed by atoms with Crippen LogP contribution in [0.15, 0.2) is 76.2 Å². The smallest absolute Gasteiger partial charge is 0.262 e. The van der Waals surface area contributed by atoms with Crippen molar-refractivity contribution in [1.29, 1.82) is 0 Å². The Hall–Kier alpha value is -4.33. The molecule has 162 valence electrons. The molecule has 0 unspecified atom stereocenters. The van der Waals surface area contributed by atoms with Crippen LogP contribution < -0.4 is 25.0 Å². The van der Waals surface area contributed by atoms with Crippen LogP contribution in [0.1, 0.15) is 5.76 Å². The molecule has 0 fully saturated rings. The number of methoxy groups -OCH3 is 1. The van der Waals surface area contributed by atoms with Crippen molar-refractivity contribution in [1.82, 2.24) is 4.98 Å². The Labute approximate surface area is 183 Å². The number of hydrogen-bond acceptors (Lipinski definition) is 7. The second-order valence-electron chi connectivity index (χ2n) is 6.83. The van der Waals surface area contributed by atoms with Gasteiger partial charge in [0.2, 0.25) is 11.2 Å². The average molecular weight is 432 g/mol. The van der Waals surface area contributed by atoms with Gasteiger partial charge in [-0.15, -0.1) is 0 Å². The Kier molecular flexibility index (Phi) is 6.03. The lowest BCUT2D eigenvalue weighted by Crippen LogP contribution is -2.20. The molecule has 0 bridgehead atoms. The number of hydrogen-bond donors (Lipinski definition) is 1. The number of fused-ring (bicyclic) bond motifs is 1. The molecule has 0 spiro atoms. The third-order valence-corrected chi connectivity index (χ3v) is 4.58. The van der Waals surface area contributed by atoms with Crippen LogP contribution in [-0.2, 0) is 4.79 Å². The minimum Gasteiger partial charge on any atom is -0.497 e. The highest BCUT2D eigenvalue weighted by molar-refractivity contribution is 5.91. The summed E-state index contributed by atoms with van der Waals surface area (Å²) in [5.41, 5.74) is 0.603. The summed E-state index contributed by atoms with van der Waals surface area (Å²) in [6, 6.07) is 15.1. The molecule has 1 amide bonds. The molecule has 2 aromatic heterocycles. The molecule has 4 rings (SSSR count). The normalized spacial score (nSPS) is 10.6. The Bertz CT molecular complexity index is 1300. The van der Waals surface area contributed by atoms with Crippen molar-refractivity contribution >= 4 is 22.6 Å². The molecule has 8 nitrogen and oxygen atoms in total. The number of amides is 1. The number of aryl methyl sites for hydroxylation is 1. The highest BCUT2D eigenvalue weighted by Gasteiger charge is 2.15. The molecule has 0 aliphatic carbocycles. The lowest BCUT2D eigenvalue weighted by molar-refractivity contribution is -0.118. The van der Waals surface area contributed by atoms with Gasteiger partial charge in [0, 0.05) is 12.3 Å². The Morgan fingerprint density at radius 1 is 1.06 bits per heavy atom. The van der Waals surface area contributed by atoms with E-state index >= 15 is 0 Å². The van der Waals surface area contributed by atoms with Gasteiger partial charge in [-0.05, 0) is 55.5 Å². The third kappa shape index (κ3) is 4.70. The molecule has 0 aliphatic heterocycles. The SMILES string of the molecule is COc1ccc(Oc2c(C)oc3cc(OCC(=O)Nc4cccnc4)ccc3c2=O)cc1.